The van der Waals surface area contributed by atoms with Gasteiger partial charge in [-0.15, -0.1) is 0 Å². The van der Waals surface area contributed by atoms with Crippen molar-refractivity contribution in [3.05, 3.63) is 0 Å². The third-order valence-electron chi connectivity index (χ3n) is 1.20. The number of hydrogen-bond acceptors (Lipinski definition) is 1. The molecule has 0 spiro atoms. The van der Waals surface area contributed by atoms with Gasteiger partial charge in [0.15, 0.2) is 0 Å². The first-order valence-electron chi connectivity index (χ1n) is 3.14. The molecule has 1 aliphatic carbocycles. The van der Waals surface area contributed by atoms with Crippen molar-refractivity contribution >= 4 is 15.9 Å². The van der Waals surface area contributed by atoms with E-state index in [0.717, 1.165) is 12.8 Å². The Kier molecular flexibility index (Phi) is 2.92. The quantitative estimate of drug-likeness (QED) is 0.625. The summed E-state index contributed by atoms with van der Waals surface area (Å²) >= 11 is 3.13. The molecule has 0 heterocycles. The predicted molar refractivity (Wildman–Crippen MR) is 37.7 cm³/mol. The van der Waals surface area contributed by atoms with Crippen molar-refractivity contribution in [1.82, 2.24) is 0 Å². The maximum atomic E-state index is 11.7. The second kappa shape index (κ2) is 3.52. The minimum Gasteiger partial charge on any atom is -0.377 e. The highest BCUT2D eigenvalue weighted by Crippen LogP contribution is 2.23. The van der Waals surface area contributed by atoms with Gasteiger partial charge in [0.2, 0.25) is 0 Å². The molecule has 1 aliphatic rings. The standard InChI is InChI=1S/C6H10BrFO/c7-5(3-8)4-9-6-1-2-6/h5-6H,1-4H2. The molecule has 1 rings (SSSR count). The molecule has 1 atom stereocenters. The maximum absolute atomic E-state index is 11.7. The minimum absolute atomic E-state index is 0.0990. The summed E-state index contributed by atoms with van der Waals surface area (Å²) in [4.78, 5) is -0.0990. The van der Waals surface area contributed by atoms with Crippen LogP contribution in [0.25, 0.3) is 0 Å². The van der Waals surface area contributed by atoms with Gasteiger partial charge in [-0.3, -0.25) is 0 Å². The van der Waals surface area contributed by atoms with Crippen LogP contribution in [0.3, 0.4) is 0 Å². The van der Waals surface area contributed by atoms with E-state index >= 15 is 0 Å². The molecule has 0 aromatic carbocycles. The van der Waals surface area contributed by atoms with E-state index in [4.69, 9.17) is 4.74 Å². The van der Waals surface area contributed by atoms with Gasteiger partial charge in [-0.1, -0.05) is 15.9 Å². The van der Waals surface area contributed by atoms with Gasteiger partial charge in [0, 0.05) is 0 Å². The maximum Gasteiger partial charge on any atom is 0.104 e. The van der Waals surface area contributed by atoms with E-state index in [1.807, 2.05) is 0 Å². The molecule has 0 saturated heterocycles. The fourth-order valence-electron chi connectivity index (χ4n) is 0.520. The second-order valence-corrected chi connectivity index (χ2v) is 3.58. The molecule has 54 valence electrons. The molecule has 1 fully saturated rings. The van der Waals surface area contributed by atoms with Gasteiger partial charge in [-0.2, -0.15) is 0 Å². The Bertz CT molecular complexity index is 85.1. The van der Waals surface area contributed by atoms with Crippen molar-refractivity contribution in [2.24, 2.45) is 0 Å². The van der Waals surface area contributed by atoms with Crippen LogP contribution >= 0.6 is 15.9 Å². The fourth-order valence-corrected chi connectivity index (χ4v) is 0.672. The predicted octanol–water partition coefficient (Wildman–Crippen LogP) is 1.90. The summed E-state index contributed by atoms with van der Waals surface area (Å²) < 4.78 is 16.9. The van der Waals surface area contributed by atoms with Crippen LogP contribution < -0.4 is 0 Å². The Labute approximate surface area is 62.7 Å². The van der Waals surface area contributed by atoms with Gasteiger partial charge in [0.05, 0.1) is 17.5 Å². The number of ether oxygens (including phenoxy) is 1. The molecule has 3 heteroatoms. The lowest BCUT2D eigenvalue weighted by molar-refractivity contribution is 0.117. The molecule has 0 N–H and O–H groups in total. The van der Waals surface area contributed by atoms with Gasteiger partial charge >= 0.3 is 0 Å². The summed E-state index contributed by atoms with van der Waals surface area (Å²) in [5.41, 5.74) is 0. The molecule has 0 bridgehead atoms. The van der Waals surface area contributed by atoms with Gasteiger partial charge in [0.1, 0.15) is 6.67 Å². The normalized spacial score (nSPS) is 22.0. The van der Waals surface area contributed by atoms with Gasteiger partial charge in [0.25, 0.3) is 0 Å². The lowest BCUT2D eigenvalue weighted by atomic mass is 10.5. The fraction of sp³-hybridized carbons (Fsp3) is 1.00. The van der Waals surface area contributed by atoms with E-state index < -0.39 is 0 Å². The minimum atomic E-state index is -0.341. The van der Waals surface area contributed by atoms with Crippen LogP contribution in [0.1, 0.15) is 12.8 Å². The number of alkyl halides is 2. The zero-order valence-corrected chi connectivity index (χ0v) is 6.73. The first-order valence-corrected chi connectivity index (χ1v) is 4.06. The Morgan fingerprint density at radius 2 is 2.33 bits per heavy atom. The van der Waals surface area contributed by atoms with Crippen molar-refractivity contribution < 1.29 is 9.13 Å². The van der Waals surface area contributed by atoms with E-state index in [2.05, 4.69) is 15.9 Å². The van der Waals surface area contributed by atoms with Crippen molar-refractivity contribution in [3.63, 3.8) is 0 Å². The monoisotopic (exact) mass is 196 g/mol. The van der Waals surface area contributed by atoms with Gasteiger partial charge in [-0.05, 0) is 12.8 Å². The van der Waals surface area contributed by atoms with Crippen molar-refractivity contribution in [1.29, 1.82) is 0 Å². The molecule has 1 saturated carbocycles. The van der Waals surface area contributed by atoms with Gasteiger partial charge < -0.3 is 4.74 Å². The van der Waals surface area contributed by atoms with E-state index in [1.54, 1.807) is 0 Å². The topological polar surface area (TPSA) is 9.23 Å². The second-order valence-electron chi connectivity index (χ2n) is 2.28. The molecular formula is C6H10BrFO. The van der Waals surface area contributed by atoms with Gasteiger partial charge in [-0.25, -0.2) is 4.39 Å². The average molecular weight is 197 g/mol. The summed E-state index contributed by atoms with van der Waals surface area (Å²) in [5.74, 6) is 0. The third-order valence-corrected chi connectivity index (χ3v) is 1.71. The summed E-state index contributed by atoms with van der Waals surface area (Å²) in [6.45, 7) is 0.174. The van der Waals surface area contributed by atoms with Crippen LogP contribution in [-0.4, -0.2) is 24.2 Å². The SMILES string of the molecule is FCC(Br)COC1CC1. The van der Waals surface area contributed by atoms with E-state index in [9.17, 15) is 4.39 Å². The number of hydrogen-bond donors (Lipinski definition) is 0. The molecule has 1 unspecified atom stereocenters. The summed E-state index contributed by atoms with van der Waals surface area (Å²) in [6, 6.07) is 0. The third kappa shape index (κ3) is 3.16. The van der Waals surface area contributed by atoms with Crippen LogP contribution in [-0.2, 0) is 4.74 Å². The highest BCUT2D eigenvalue weighted by Gasteiger charge is 2.22. The number of halogens is 2. The zero-order valence-electron chi connectivity index (χ0n) is 5.15. The zero-order chi connectivity index (χ0) is 6.69. The van der Waals surface area contributed by atoms with E-state index in [-0.39, 0.29) is 11.5 Å². The Morgan fingerprint density at radius 1 is 1.67 bits per heavy atom. The van der Waals surface area contributed by atoms with E-state index in [1.165, 1.54) is 0 Å². The Hall–Kier alpha value is 0.370. The van der Waals surface area contributed by atoms with Crippen molar-refractivity contribution in [2.45, 2.75) is 23.8 Å². The molecule has 0 aromatic rings. The molecule has 1 nitrogen and oxygen atoms in total. The number of rotatable bonds is 4. The Morgan fingerprint density at radius 3 is 2.78 bits per heavy atom. The molecule has 0 amide bonds. The average Bonchev–Trinajstić information content (AvgIpc) is 2.65. The molecule has 0 radical (unpaired) electrons. The highest BCUT2D eigenvalue weighted by atomic mass is 79.9. The first-order chi connectivity index (χ1) is 4.33. The molecule has 0 aromatic heterocycles. The highest BCUT2D eigenvalue weighted by molar-refractivity contribution is 9.09. The van der Waals surface area contributed by atoms with Crippen molar-refractivity contribution in [2.75, 3.05) is 13.3 Å². The van der Waals surface area contributed by atoms with Crippen LogP contribution in [0.5, 0.6) is 0 Å². The summed E-state index contributed by atoms with van der Waals surface area (Å²) in [5, 5.41) is 0. The molecular weight excluding hydrogens is 187 g/mol. The first kappa shape index (κ1) is 7.48. The van der Waals surface area contributed by atoms with Crippen LogP contribution in [0.15, 0.2) is 0 Å². The lowest BCUT2D eigenvalue weighted by Crippen LogP contribution is -2.11. The smallest absolute Gasteiger partial charge is 0.104 e. The van der Waals surface area contributed by atoms with Crippen LogP contribution in [0.4, 0.5) is 4.39 Å². The van der Waals surface area contributed by atoms with Crippen molar-refractivity contribution in [3.8, 4) is 0 Å². The largest absolute Gasteiger partial charge is 0.377 e. The van der Waals surface area contributed by atoms with Crippen LogP contribution in [0.2, 0.25) is 0 Å². The Balaban J connectivity index is 1.90. The molecule has 0 aliphatic heterocycles. The van der Waals surface area contributed by atoms with Crippen LogP contribution in [0, 0.1) is 0 Å². The summed E-state index contributed by atoms with van der Waals surface area (Å²) in [7, 11) is 0. The molecule has 9 heavy (non-hydrogen) atoms. The van der Waals surface area contributed by atoms with E-state index in [0.29, 0.717) is 12.7 Å². The summed E-state index contributed by atoms with van der Waals surface area (Å²) in [6.07, 6.45) is 2.76. The lowest BCUT2D eigenvalue weighted by Gasteiger charge is -2.03.